The van der Waals surface area contributed by atoms with Crippen LogP contribution in [-0.4, -0.2) is 94.1 Å². The molecule has 0 aliphatic carbocycles. The fourth-order valence-corrected chi connectivity index (χ4v) is 3.43. The van der Waals surface area contributed by atoms with Crippen molar-refractivity contribution < 1.29 is 33.0 Å². The van der Waals surface area contributed by atoms with Crippen molar-refractivity contribution in [3.05, 3.63) is 75.9 Å². The van der Waals surface area contributed by atoms with E-state index in [-0.39, 0.29) is 0 Å². The molecule has 0 saturated carbocycles. The number of benzene rings is 1. The molecule has 2 aliphatic rings. The average Bonchev–Trinajstić information content (AvgIpc) is 3.50. The van der Waals surface area contributed by atoms with E-state index in [2.05, 4.69) is 31.5 Å². The van der Waals surface area contributed by atoms with Gasteiger partial charge in [-0.1, -0.05) is 18.7 Å². The molecule has 9 nitrogen and oxygen atoms in total. The molecule has 3 heterocycles. The number of nitrogens with one attached hydrogen (secondary N) is 1. The van der Waals surface area contributed by atoms with Crippen molar-refractivity contribution in [2.24, 2.45) is 4.99 Å². The number of aliphatic hydroxyl groups is 1. The van der Waals surface area contributed by atoms with Crippen molar-refractivity contribution in [2.45, 2.75) is 6.92 Å². The van der Waals surface area contributed by atoms with Crippen LogP contribution in [0.5, 0.6) is 0 Å². The lowest BCUT2D eigenvalue weighted by Gasteiger charge is -2.29. The molecule has 0 spiro atoms. The Bertz CT molecular complexity index is 985. The van der Waals surface area contributed by atoms with Gasteiger partial charge in [0.05, 0.1) is 19.8 Å². The Labute approximate surface area is 226 Å². The first-order chi connectivity index (χ1) is 18.4. The number of hydrogen-bond donors (Lipinski definition) is 2. The number of halogens is 2. The van der Waals surface area contributed by atoms with Gasteiger partial charge in [-0.25, -0.2) is 13.8 Å². The van der Waals surface area contributed by atoms with E-state index in [1.165, 1.54) is 36.5 Å². The summed E-state index contributed by atoms with van der Waals surface area (Å²) >= 11 is 1.54. The molecule has 38 heavy (non-hydrogen) atoms. The van der Waals surface area contributed by atoms with E-state index in [4.69, 9.17) is 14.6 Å². The number of thiazole rings is 1. The molecule has 1 saturated heterocycles. The molecular formula is C26H36F2N4O5S. The molecular weight excluding hydrogens is 518 g/mol. The number of carbonyl (C=O) groups is 2. The summed E-state index contributed by atoms with van der Waals surface area (Å²) in [6, 6.07) is 4.11. The van der Waals surface area contributed by atoms with Crippen molar-refractivity contribution in [1.29, 1.82) is 0 Å². The number of hydrogen-bond acceptors (Lipinski definition) is 10. The third-order valence-corrected chi connectivity index (χ3v) is 5.35. The van der Waals surface area contributed by atoms with Crippen molar-refractivity contribution in [3.63, 3.8) is 0 Å². The predicted octanol–water partition coefficient (Wildman–Crippen LogP) is 2.79. The standard InChI is InChI=1S/C13H16N4O2S.C7H6F2.C3H4O.C2H6O.CH4O/c18-9-10-7-15-12(13-14-1-6-20-13)16-11(10)8-17-2-4-19-5-3-17;1-5-3-2-4-6(8)7(5)9;1-2-3-4;1-3-2;1-2/h1,6,9H,2-5,7-8H2,(H,15,16);2-4H,1H3;2-3H,1H2;1-2H3;2H,1H3. The summed E-state index contributed by atoms with van der Waals surface area (Å²) in [6.45, 7) is 9.06. The fraction of sp³-hybridized carbons (Fsp3) is 0.385. The van der Waals surface area contributed by atoms with Gasteiger partial charge in [0.1, 0.15) is 12.6 Å². The molecule has 1 fully saturated rings. The van der Waals surface area contributed by atoms with Crippen molar-refractivity contribution in [3.8, 4) is 0 Å². The number of nitrogens with zero attached hydrogens (tertiary/aromatic N) is 3. The molecule has 0 atom stereocenters. The van der Waals surface area contributed by atoms with Crippen LogP contribution in [0, 0.1) is 18.6 Å². The Balaban J connectivity index is 0.000000631. The van der Waals surface area contributed by atoms with E-state index in [0.717, 1.165) is 74.4 Å². The Morgan fingerprint density at radius 2 is 1.87 bits per heavy atom. The molecule has 0 bridgehead atoms. The van der Waals surface area contributed by atoms with Gasteiger partial charge in [-0.05, 0) is 24.6 Å². The lowest BCUT2D eigenvalue weighted by atomic mass is 10.1. The second-order valence-corrected chi connectivity index (χ2v) is 8.18. The van der Waals surface area contributed by atoms with E-state index in [1.807, 2.05) is 5.38 Å². The van der Waals surface area contributed by atoms with Gasteiger partial charge in [-0.2, -0.15) is 0 Å². The van der Waals surface area contributed by atoms with Crippen molar-refractivity contribution in [2.75, 3.05) is 60.7 Å². The van der Waals surface area contributed by atoms with Crippen LogP contribution in [0.2, 0.25) is 0 Å². The number of methoxy groups -OCH3 is 1. The number of morpholine rings is 1. The van der Waals surface area contributed by atoms with Gasteiger partial charge in [-0.15, -0.1) is 11.3 Å². The first-order valence-electron chi connectivity index (χ1n) is 11.4. The summed E-state index contributed by atoms with van der Waals surface area (Å²) in [6.07, 6.45) is 4.48. The molecule has 2 aromatic rings. The van der Waals surface area contributed by atoms with Gasteiger partial charge in [0, 0.05) is 63.8 Å². The number of aliphatic hydroxyl groups excluding tert-OH is 1. The molecule has 1 aromatic carbocycles. The Hall–Kier alpha value is -3.16. The van der Waals surface area contributed by atoms with Gasteiger partial charge in [0.2, 0.25) is 0 Å². The quantitative estimate of drug-likeness (QED) is 0.429. The van der Waals surface area contributed by atoms with Crippen LogP contribution in [0.15, 0.2) is 58.7 Å². The van der Waals surface area contributed by atoms with Gasteiger partial charge >= 0.3 is 0 Å². The number of aryl methyl sites for hydroxylation is 1. The SMILES string of the molecule is C=CC=O.CO.COC.Cc1cccc(F)c1F.O=CC1=C(CN2CCOCC2)NC(c2nccs2)=NC1. The minimum atomic E-state index is -0.782. The maximum absolute atomic E-state index is 12.4. The highest BCUT2D eigenvalue weighted by molar-refractivity contribution is 7.11. The van der Waals surface area contributed by atoms with Crippen LogP contribution >= 0.6 is 11.3 Å². The molecule has 12 heteroatoms. The smallest absolute Gasteiger partial charge is 0.162 e. The number of aromatic nitrogens is 1. The Morgan fingerprint density at radius 1 is 1.24 bits per heavy atom. The monoisotopic (exact) mass is 554 g/mol. The molecule has 1 aromatic heterocycles. The zero-order valence-electron chi connectivity index (χ0n) is 22.2. The largest absolute Gasteiger partial charge is 0.400 e. The summed E-state index contributed by atoms with van der Waals surface area (Å²) in [7, 11) is 4.25. The highest BCUT2D eigenvalue weighted by Crippen LogP contribution is 2.14. The summed E-state index contributed by atoms with van der Waals surface area (Å²) in [5.41, 5.74) is 1.99. The zero-order chi connectivity index (χ0) is 28.8. The van der Waals surface area contributed by atoms with Crippen molar-refractivity contribution >= 4 is 29.7 Å². The number of ether oxygens (including phenoxy) is 2. The number of aldehydes is 2. The first kappa shape index (κ1) is 34.8. The number of allylic oxidation sites excluding steroid dienone is 1. The summed E-state index contributed by atoms with van der Waals surface area (Å²) < 4.78 is 34.2. The molecule has 0 radical (unpaired) electrons. The van der Waals surface area contributed by atoms with E-state index in [9.17, 15) is 13.6 Å². The summed E-state index contributed by atoms with van der Waals surface area (Å²) in [4.78, 5) is 31.2. The second kappa shape index (κ2) is 21.9. The number of amidine groups is 1. The van der Waals surface area contributed by atoms with E-state index >= 15 is 0 Å². The average molecular weight is 555 g/mol. The maximum atomic E-state index is 12.4. The van der Waals surface area contributed by atoms with Crippen LogP contribution in [0.4, 0.5) is 8.78 Å². The minimum Gasteiger partial charge on any atom is -0.400 e. The van der Waals surface area contributed by atoms with E-state index in [0.29, 0.717) is 18.4 Å². The number of aliphatic imine (C=N–C) groups is 1. The second-order valence-electron chi connectivity index (χ2n) is 7.29. The topological polar surface area (TPSA) is 113 Å². The minimum absolute atomic E-state index is 0.343. The lowest BCUT2D eigenvalue weighted by molar-refractivity contribution is -0.105. The maximum Gasteiger partial charge on any atom is 0.162 e. The molecule has 2 aliphatic heterocycles. The molecule has 0 amide bonds. The van der Waals surface area contributed by atoms with Crippen molar-refractivity contribution in [1.82, 2.24) is 15.2 Å². The van der Waals surface area contributed by atoms with Gasteiger partial charge in [0.15, 0.2) is 22.5 Å². The Morgan fingerprint density at radius 3 is 2.34 bits per heavy atom. The van der Waals surface area contributed by atoms with Gasteiger partial charge in [0.25, 0.3) is 0 Å². The van der Waals surface area contributed by atoms with E-state index < -0.39 is 11.6 Å². The molecule has 4 rings (SSSR count). The van der Waals surface area contributed by atoms with Crippen LogP contribution in [0.25, 0.3) is 0 Å². The highest BCUT2D eigenvalue weighted by atomic mass is 32.1. The molecule has 2 N–H and O–H groups in total. The molecule has 0 unspecified atom stereocenters. The van der Waals surface area contributed by atoms with Gasteiger partial charge < -0.3 is 19.9 Å². The Kier molecular flexibility index (Phi) is 20.1. The van der Waals surface area contributed by atoms with Crippen LogP contribution < -0.4 is 5.32 Å². The molecule has 210 valence electrons. The lowest BCUT2D eigenvalue weighted by Crippen LogP contribution is -2.42. The highest BCUT2D eigenvalue weighted by Gasteiger charge is 2.20. The number of rotatable bonds is 5. The zero-order valence-corrected chi connectivity index (χ0v) is 23.0. The third-order valence-electron chi connectivity index (χ3n) is 4.57. The fourth-order valence-electron chi connectivity index (χ4n) is 2.83. The third kappa shape index (κ3) is 13.4. The van der Waals surface area contributed by atoms with E-state index in [1.54, 1.807) is 20.4 Å². The normalized spacial score (nSPS) is 14.2. The van der Waals surface area contributed by atoms with Crippen LogP contribution in [0.3, 0.4) is 0 Å². The summed E-state index contributed by atoms with van der Waals surface area (Å²) in [5, 5.41) is 13.0. The first-order valence-corrected chi connectivity index (χ1v) is 12.3. The van der Waals surface area contributed by atoms with Crippen LogP contribution in [0.1, 0.15) is 10.6 Å². The summed E-state index contributed by atoms with van der Waals surface area (Å²) in [5.74, 6) is -0.777. The predicted molar refractivity (Wildman–Crippen MR) is 145 cm³/mol. The van der Waals surface area contributed by atoms with Crippen LogP contribution in [-0.2, 0) is 19.1 Å². The van der Waals surface area contributed by atoms with Gasteiger partial charge in [-0.3, -0.25) is 19.5 Å². The number of carbonyl (C=O) groups excluding carboxylic acids is 2.